The van der Waals surface area contributed by atoms with Crippen LogP contribution in [-0.4, -0.2) is 16.8 Å². The van der Waals surface area contributed by atoms with Crippen molar-refractivity contribution in [3.63, 3.8) is 0 Å². The van der Waals surface area contributed by atoms with E-state index in [9.17, 15) is 36.6 Å². The van der Waals surface area contributed by atoms with Crippen molar-refractivity contribution in [2.45, 2.75) is 12.5 Å². The zero-order chi connectivity index (χ0) is 29.7. The van der Waals surface area contributed by atoms with Crippen LogP contribution in [0.5, 0.6) is 0 Å². The lowest BCUT2D eigenvalue weighted by Gasteiger charge is -2.36. The summed E-state index contributed by atoms with van der Waals surface area (Å²) in [6.07, 6.45) is 1.67. The number of aliphatic hydroxyl groups excluding tert-OH is 2. The zero-order valence-corrected chi connectivity index (χ0v) is 21.8. The van der Waals surface area contributed by atoms with E-state index in [1.54, 1.807) is 54.6 Å². The molecule has 2 N–H and O–H groups in total. The van der Waals surface area contributed by atoms with Crippen LogP contribution in [0.1, 0.15) is 33.7 Å². The molecule has 2 unspecified atom stereocenters. The van der Waals surface area contributed by atoms with Crippen LogP contribution in [0, 0.1) is 40.8 Å². The van der Waals surface area contributed by atoms with Crippen molar-refractivity contribution in [2.24, 2.45) is 5.92 Å². The minimum absolute atomic E-state index is 0.00876. The molecule has 0 aromatic heterocycles. The van der Waals surface area contributed by atoms with Gasteiger partial charge < -0.3 is 10.2 Å². The van der Waals surface area contributed by atoms with E-state index in [1.165, 1.54) is 0 Å². The number of aliphatic hydroxyl groups is 2. The van der Waals surface area contributed by atoms with Crippen molar-refractivity contribution in [1.82, 2.24) is 0 Å². The molecule has 0 saturated heterocycles. The van der Waals surface area contributed by atoms with Crippen LogP contribution >= 0.6 is 0 Å². The Morgan fingerprint density at radius 2 is 1.21 bits per heavy atom. The van der Waals surface area contributed by atoms with Gasteiger partial charge in [-0.25, -0.2) is 26.3 Å². The molecule has 0 bridgehead atoms. The highest BCUT2D eigenvalue weighted by atomic mass is 19.2. The number of fused-ring (bicyclic) bond motifs is 2. The first-order valence-electron chi connectivity index (χ1n) is 13.1. The fraction of sp³-hybridized carbons (Fsp3) is 0.118. The van der Waals surface area contributed by atoms with Gasteiger partial charge in [0.15, 0.2) is 34.9 Å². The Balaban J connectivity index is 1.69. The summed E-state index contributed by atoms with van der Waals surface area (Å²) < 4.78 is 85.2. The number of hydrogen-bond donors (Lipinski definition) is 2. The molecule has 6 rings (SSSR count). The third kappa shape index (κ3) is 4.47. The average Bonchev–Trinajstić information content (AvgIpc) is 3.00. The topological polar surface area (TPSA) is 40.5 Å². The summed E-state index contributed by atoms with van der Waals surface area (Å²) in [4.78, 5) is 0. The Kier molecular flexibility index (Phi) is 7.12. The Morgan fingerprint density at radius 1 is 0.643 bits per heavy atom. The lowest BCUT2D eigenvalue weighted by Crippen LogP contribution is -2.25. The average molecular weight is 577 g/mol. The van der Waals surface area contributed by atoms with Gasteiger partial charge in [0.2, 0.25) is 0 Å². The van der Waals surface area contributed by atoms with Crippen molar-refractivity contribution < 1.29 is 36.6 Å². The minimum atomic E-state index is -1.62. The molecule has 0 saturated carbocycles. The van der Waals surface area contributed by atoms with Gasteiger partial charge in [0.25, 0.3) is 0 Å². The van der Waals surface area contributed by atoms with Crippen LogP contribution in [0.4, 0.5) is 26.3 Å². The maximum Gasteiger partial charge on any atom is 0.194 e. The van der Waals surface area contributed by atoms with Gasteiger partial charge in [-0.1, -0.05) is 54.6 Å². The van der Waals surface area contributed by atoms with Gasteiger partial charge >= 0.3 is 0 Å². The predicted octanol–water partition coefficient (Wildman–Crippen LogP) is 8.13. The lowest BCUT2D eigenvalue weighted by atomic mass is 9.68. The molecule has 0 spiro atoms. The standard InChI is InChI=1S/C34H22F6O2/c35-27-11-19(12-28(36)33(27)39)23-9-17-5-1-3-7-21(17)31(25(23)15-41)32-22-8-4-2-6-18(22)10-24(26(32)16-42)20-13-29(37)34(40)30(38)14-20/h1-14,25,31,41-42H,15-16H2. The van der Waals surface area contributed by atoms with Crippen LogP contribution in [0.2, 0.25) is 0 Å². The van der Waals surface area contributed by atoms with E-state index in [0.29, 0.717) is 27.5 Å². The van der Waals surface area contributed by atoms with Gasteiger partial charge in [-0.05, 0) is 85.6 Å². The summed E-state index contributed by atoms with van der Waals surface area (Å²) in [5.74, 6) is -10.4. The van der Waals surface area contributed by atoms with E-state index in [1.807, 2.05) is 6.07 Å². The first-order valence-corrected chi connectivity index (χ1v) is 13.1. The van der Waals surface area contributed by atoms with E-state index in [4.69, 9.17) is 0 Å². The highest BCUT2D eigenvalue weighted by molar-refractivity contribution is 5.95. The van der Waals surface area contributed by atoms with Gasteiger partial charge in [-0.15, -0.1) is 0 Å². The summed E-state index contributed by atoms with van der Waals surface area (Å²) in [6.45, 7) is -1.10. The second-order valence-electron chi connectivity index (χ2n) is 10.2. The number of hydrogen-bond acceptors (Lipinski definition) is 2. The van der Waals surface area contributed by atoms with E-state index >= 15 is 0 Å². The largest absolute Gasteiger partial charge is 0.396 e. The molecule has 0 aliphatic heterocycles. The normalized spacial score (nSPS) is 16.4. The highest BCUT2D eigenvalue weighted by Gasteiger charge is 2.36. The van der Waals surface area contributed by atoms with Crippen LogP contribution in [0.25, 0.3) is 33.5 Å². The Labute approximate surface area is 236 Å². The van der Waals surface area contributed by atoms with Crippen LogP contribution in [-0.2, 0) is 6.61 Å². The van der Waals surface area contributed by atoms with Crippen molar-refractivity contribution >= 4 is 22.4 Å². The van der Waals surface area contributed by atoms with E-state index in [2.05, 4.69) is 0 Å². The maximum atomic E-state index is 14.4. The van der Waals surface area contributed by atoms with Gasteiger partial charge in [-0.3, -0.25) is 0 Å². The minimum Gasteiger partial charge on any atom is -0.396 e. The predicted molar refractivity (Wildman–Crippen MR) is 148 cm³/mol. The number of benzene rings is 5. The summed E-state index contributed by atoms with van der Waals surface area (Å²) >= 11 is 0. The van der Waals surface area contributed by atoms with Crippen molar-refractivity contribution in [3.05, 3.63) is 142 Å². The summed E-state index contributed by atoms with van der Waals surface area (Å²) in [5, 5.41) is 22.8. The Hall–Kier alpha value is -4.40. The van der Waals surface area contributed by atoms with Gasteiger partial charge in [0.1, 0.15) is 0 Å². The molecule has 0 heterocycles. The molecule has 8 heteroatoms. The number of rotatable bonds is 5. The fourth-order valence-electron chi connectivity index (χ4n) is 6.09. The van der Waals surface area contributed by atoms with E-state index in [0.717, 1.165) is 29.8 Å². The molecule has 1 aliphatic rings. The molecule has 0 fully saturated rings. The quantitative estimate of drug-likeness (QED) is 0.164. The zero-order valence-electron chi connectivity index (χ0n) is 21.8. The molecule has 1 aliphatic carbocycles. The second-order valence-corrected chi connectivity index (χ2v) is 10.2. The van der Waals surface area contributed by atoms with E-state index in [-0.39, 0.29) is 22.3 Å². The van der Waals surface area contributed by atoms with Crippen molar-refractivity contribution in [2.75, 3.05) is 6.61 Å². The second kappa shape index (κ2) is 10.8. The van der Waals surface area contributed by atoms with Crippen LogP contribution < -0.4 is 0 Å². The van der Waals surface area contributed by atoms with Crippen molar-refractivity contribution in [3.8, 4) is 11.1 Å². The summed E-state index contributed by atoms with van der Waals surface area (Å²) in [6, 6.07) is 19.3. The van der Waals surface area contributed by atoms with Gasteiger partial charge in [0, 0.05) is 11.8 Å². The Bertz CT molecular complexity index is 1850. The molecule has 2 atom stereocenters. The van der Waals surface area contributed by atoms with Gasteiger partial charge in [-0.2, -0.15) is 0 Å². The monoisotopic (exact) mass is 576 g/mol. The smallest absolute Gasteiger partial charge is 0.194 e. The lowest BCUT2D eigenvalue weighted by molar-refractivity contribution is 0.244. The SMILES string of the molecule is OCc1c(-c2cc(F)c(F)c(F)c2)cc2ccccc2c1C1c2ccccc2C=C(c2cc(F)c(F)c(F)c2)C1CO. The molecule has 5 aromatic carbocycles. The molecule has 5 aromatic rings. The first kappa shape index (κ1) is 27.8. The maximum absolute atomic E-state index is 14.4. The summed E-state index contributed by atoms with van der Waals surface area (Å²) in [7, 11) is 0. The molecular weight excluding hydrogens is 554 g/mol. The molecule has 212 valence electrons. The van der Waals surface area contributed by atoms with Crippen LogP contribution in [0.3, 0.4) is 0 Å². The highest BCUT2D eigenvalue weighted by Crippen LogP contribution is 2.50. The fourth-order valence-corrected chi connectivity index (χ4v) is 6.09. The number of halogens is 6. The molecule has 2 nitrogen and oxygen atoms in total. The van der Waals surface area contributed by atoms with Gasteiger partial charge in [0.05, 0.1) is 13.2 Å². The molecular formula is C34H22F6O2. The third-order valence-corrected chi connectivity index (χ3v) is 7.92. The molecule has 42 heavy (non-hydrogen) atoms. The van der Waals surface area contributed by atoms with E-state index < -0.39 is 60.0 Å². The van der Waals surface area contributed by atoms with Crippen LogP contribution in [0.15, 0.2) is 78.9 Å². The molecule has 0 amide bonds. The van der Waals surface area contributed by atoms with Crippen molar-refractivity contribution in [1.29, 1.82) is 0 Å². The first-order chi connectivity index (χ1) is 20.2. The molecule has 0 radical (unpaired) electrons. The Morgan fingerprint density at radius 3 is 1.83 bits per heavy atom. The third-order valence-electron chi connectivity index (χ3n) is 7.92. The summed E-state index contributed by atoms with van der Waals surface area (Å²) in [5.41, 5.74) is 2.75.